The third kappa shape index (κ3) is 4.05. The van der Waals surface area contributed by atoms with Gasteiger partial charge in [0.25, 0.3) is 0 Å². The summed E-state index contributed by atoms with van der Waals surface area (Å²) in [5.74, 6) is 0. The Balaban J connectivity index is 1.60. The molecule has 0 aliphatic carbocycles. The maximum absolute atomic E-state index is 11.4. The van der Waals surface area contributed by atoms with Crippen LogP contribution in [-0.2, 0) is 21.3 Å². The van der Waals surface area contributed by atoms with Gasteiger partial charge in [-0.1, -0.05) is 0 Å². The summed E-state index contributed by atoms with van der Waals surface area (Å²) in [4.78, 5) is 6.88. The van der Waals surface area contributed by atoms with Gasteiger partial charge >= 0.3 is 0 Å². The zero-order valence-corrected chi connectivity index (χ0v) is 14.7. The summed E-state index contributed by atoms with van der Waals surface area (Å²) in [7, 11) is -3.16. The number of hydrogen-bond acceptors (Lipinski definition) is 6. The first kappa shape index (κ1) is 16.3. The lowest BCUT2D eigenvalue weighted by Gasteiger charge is -2.38. The third-order valence-electron chi connectivity index (χ3n) is 4.29. The average Bonchev–Trinajstić information content (AvgIpc) is 2.96. The minimum absolute atomic E-state index is 0.00851. The first-order chi connectivity index (χ1) is 10.3. The molecule has 8 heteroatoms. The number of likely N-dealkylation sites (tertiary alicyclic amines) is 1. The molecule has 1 aromatic heterocycles. The Morgan fingerprint density at radius 2 is 2.41 bits per heavy atom. The quantitative estimate of drug-likeness (QED) is 0.885. The topological polar surface area (TPSA) is 71.5 Å². The van der Waals surface area contributed by atoms with Crippen LogP contribution in [0.4, 0.5) is 0 Å². The summed E-state index contributed by atoms with van der Waals surface area (Å²) in [6.45, 7) is 5.32. The first-order valence-corrected chi connectivity index (χ1v) is 10.4. The van der Waals surface area contributed by atoms with E-state index in [1.165, 1.54) is 6.26 Å². The van der Waals surface area contributed by atoms with Crippen molar-refractivity contribution in [2.24, 2.45) is 0 Å². The van der Waals surface area contributed by atoms with Crippen LogP contribution in [0.2, 0.25) is 0 Å². The standard InChI is InChI=1S/C14H23N3O3S2/c1-11-9-21-13(15-11)8-17-5-4-14(10-17)7-12(3-6-20-14)16-22(2,18)19/h9,12,16H,3-8,10H2,1-2H3/t12-,14+/m1/s1. The molecule has 124 valence electrons. The van der Waals surface area contributed by atoms with Gasteiger partial charge in [0.15, 0.2) is 0 Å². The van der Waals surface area contributed by atoms with Crippen LogP contribution in [-0.4, -0.2) is 55.9 Å². The van der Waals surface area contributed by atoms with E-state index >= 15 is 0 Å². The number of hydrogen-bond donors (Lipinski definition) is 1. The van der Waals surface area contributed by atoms with Crippen molar-refractivity contribution in [2.45, 2.75) is 44.4 Å². The molecule has 1 aromatic rings. The average molecular weight is 345 g/mol. The second kappa shape index (κ2) is 6.16. The molecule has 6 nitrogen and oxygen atoms in total. The Kier molecular flexibility index (Phi) is 4.57. The Morgan fingerprint density at radius 1 is 1.59 bits per heavy atom. The summed E-state index contributed by atoms with van der Waals surface area (Å²) in [6.07, 6.45) is 3.69. The van der Waals surface area contributed by atoms with Crippen molar-refractivity contribution < 1.29 is 13.2 Å². The highest BCUT2D eigenvalue weighted by molar-refractivity contribution is 7.88. The highest BCUT2D eigenvalue weighted by Gasteiger charge is 2.43. The predicted molar refractivity (Wildman–Crippen MR) is 86.4 cm³/mol. The zero-order chi connectivity index (χ0) is 15.8. The molecule has 0 amide bonds. The number of aryl methyl sites for hydroxylation is 1. The van der Waals surface area contributed by atoms with Gasteiger partial charge in [0.1, 0.15) is 5.01 Å². The van der Waals surface area contributed by atoms with Crippen molar-refractivity contribution in [3.63, 3.8) is 0 Å². The van der Waals surface area contributed by atoms with E-state index in [2.05, 4.69) is 20.0 Å². The maximum atomic E-state index is 11.4. The van der Waals surface area contributed by atoms with Crippen molar-refractivity contribution in [3.8, 4) is 0 Å². The summed E-state index contributed by atoms with van der Waals surface area (Å²) >= 11 is 1.69. The van der Waals surface area contributed by atoms with E-state index in [0.29, 0.717) is 6.61 Å². The fourth-order valence-corrected chi connectivity index (χ4v) is 5.06. The van der Waals surface area contributed by atoms with Crippen molar-refractivity contribution in [3.05, 3.63) is 16.1 Å². The number of aromatic nitrogens is 1. The van der Waals surface area contributed by atoms with E-state index in [-0.39, 0.29) is 11.6 Å². The number of sulfonamides is 1. The van der Waals surface area contributed by atoms with Crippen LogP contribution in [0.15, 0.2) is 5.38 Å². The monoisotopic (exact) mass is 345 g/mol. The lowest BCUT2D eigenvalue weighted by atomic mass is 9.90. The van der Waals surface area contributed by atoms with Gasteiger partial charge in [-0.25, -0.2) is 18.1 Å². The minimum atomic E-state index is -3.16. The molecule has 3 rings (SSSR count). The van der Waals surface area contributed by atoms with Gasteiger partial charge < -0.3 is 4.74 Å². The molecule has 1 N–H and O–H groups in total. The Bertz CT molecular complexity index is 631. The molecule has 0 saturated carbocycles. The van der Waals surface area contributed by atoms with Crippen LogP contribution in [0.1, 0.15) is 30.0 Å². The summed E-state index contributed by atoms with van der Waals surface area (Å²) in [5, 5.41) is 3.21. The Morgan fingerprint density at radius 3 is 3.09 bits per heavy atom. The highest BCUT2D eigenvalue weighted by atomic mass is 32.2. The van der Waals surface area contributed by atoms with Gasteiger partial charge in [-0.3, -0.25) is 4.90 Å². The van der Waals surface area contributed by atoms with Crippen LogP contribution in [0, 0.1) is 6.92 Å². The van der Waals surface area contributed by atoms with Gasteiger partial charge in [0, 0.05) is 36.8 Å². The summed E-state index contributed by atoms with van der Waals surface area (Å²) in [6, 6.07) is -0.00851. The van der Waals surface area contributed by atoms with Crippen molar-refractivity contribution in [2.75, 3.05) is 26.0 Å². The molecular weight excluding hydrogens is 322 g/mol. The van der Waals surface area contributed by atoms with E-state index in [4.69, 9.17) is 4.74 Å². The predicted octanol–water partition coefficient (Wildman–Crippen LogP) is 1.12. The van der Waals surface area contributed by atoms with Crippen LogP contribution >= 0.6 is 11.3 Å². The molecule has 22 heavy (non-hydrogen) atoms. The normalized spacial score (nSPS) is 30.2. The number of rotatable bonds is 4. The molecule has 2 atom stereocenters. The molecule has 1 spiro atoms. The minimum Gasteiger partial charge on any atom is -0.373 e. The Labute approximate surface area is 135 Å². The second-order valence-electron chi connectivity index (χ2n) is 6.45. The van der Waals surface area contributed by atoms with Crippen molar-refractivity contribution in [1.29, 1.82) is 0 Å². The van der Waals surface area contributed by atoms with Gasteiger partial charge in [-0.15, -0.1) is 11.3 Å². The molecule has 2 fully saturated rings. The van der Waals surface area contributed by atoms with E-state index in [0.717, 1.165) is 49.6 Å². The lowest BCUT2D eigenvalue weighted by Crippen LogP contribution is -2.49. The van der Waals surface area contributed by atoms with Crippen LogP contribution < -0.4 is 4.72 Å². The third-order valence-corrected chi connectivity index (χ3v) is 6.01. The van der Waals surface area contributed by atoms with Gasteiger partial charge in [-0.2, -0.15) is 0 Å². The largest absolute Gasteiger partial charge is 0.373 e. The van der Waals surface area contributed by atoms with E-state index < -0.39 is 10.0 Å². The van der Waals surface area contributed by atoms with Gasteiger partial charge in [-0.05, 0) is 26.2 Å². The summed E-state index contributed by atoms with van der Waals surface area (Å²) in [5.41, 5.74) is 0.868. The van der Waals surface area contributed by atoms with Crippen molar-refractivity contribution in [1.82, 2.24) is 14.6 Å². The van der Waals surface area contributed by atoms with Gasteiger partial charge in [0.05, 0.1) is 18.4 Å². The molecule has 0 aromatic carbocycles. The molecule has 0 unspecified atom stereocenters. The number of thiazole rings is 1. The Hall–Kier alpha value is -0.540. The summed E-state index contributed by atoms with van der Waals surface area (Å²) < 4.78 is 31.7. The molecule has 0 bridgehead atoms. The fourth-order valence-electron chi connectivity index (χ4n) is 3.44. The maximum Gasteiger partial charge on any atom is 0.208 e. The van der Waals surface area contributed by atoms with Crippen molar-refractivity contribution >= 4 is 21.4 Å². The number of ether oxygens (including phenoxy) is 1. The highest BCUT2D eigenvalue weighted by Crippen LogP contribution is 2.35. The van der Waals surface area contributed by atoms with E-state index in [1.54, 1.807) is 11.3 Å². The molecule has 2 aliphatic heterocycles. The molecule has 3 heterocycles. The van der Waals surface area contributed by atoms with Crippen LogP contribution in [0.3, 0.4) is 0 Å². The number of nitrogens with one attached hydrogen (secondary N) is 1. The fraction of sp³-hybridized carbons (Fsp3) is 0.786. The zero-order valence-electron chi connectivity index (χ0n) is 13.0. The lowest BCUT2D eigenvalue weighted by molar-refractivity contribution is -0.0779. The second-order valence-corrected chi connectivity index (χ2v) is 9.18. The van der Waals surface area contributed by atoms with Gasteiger partial charge in [0.2, 0.25) is 10.0 Å². The number of nitrogens with zero attached hydrogens (tertiary/aromatic N) is 2. The van der Waals surface area contributed by atoms with Crippen LogP contribution in [0.25, 0.3) is 0 Å². The van der Waals surface area contributed by atoms with E-state index in [9.17, 15) is 8.42 Å². The molecular formula is C14H23N3O3S2. The first-order valence-electron chi connectivity index (χ1n) is 7.58. The molecule has 0 radical (unpaired) electrons. The molecule has 2 aliphatic rings. The smallest absolute Gasteiger partial charge is 0.208 e. The SMILES string of the molecule is Cc1csc(CN2CC[C@]3(C[C@H](NS(C)(=O)=O)CCO3)C2)n1. The van der Waals surface area contributed by atoms with Crippen LogP contribution in [0.5, 0.6) is 0 Å². The van der Waals surface area contributed by atoms with E-state index in [1.807, 2.05) is 6.92 Å². The molecule has 2 saturated heterocycles.